The monoisotopic (exact) mass is 804 g/mol. The van der Waals surface area contributed by atoms with Gasteiger partial charge in [0.25, 0.3) is 0 Å². The number of hydrogen-bond acceptors (Lipinski definition) is 10. The number of carbonyl (C=O) groups excluding carboxylic acids is 1. The Morgan fingerprint density at radius 3 is 2.61 bits per heavy atom. The van der Waals surface area contributed by atoms with Crippen LogP contribution in [-0.2, 0) is 28.9 Å². The van der Waals surface area contributed by atoms with Crippen LogP contribution >= 0.6 is 11.6 Å². The van der Waals surface area contributed by atoms with Gasteiger partial charge in [0.2, 0.25) is 0 Å². The van der Waals surface area contributed by atoms with Gasteiger partial charge in [-0.25, -0.2) is 13.9 Å². The number of amides is 1. The molecule has 1 amide bonds. The van der Waals surface area contributed by atoms with Gasteiger partial charge < -0.3 is 33.8 Å². The van der Waals surface area contributed by atoms with E-state index in [1.54, 1.807) is 15.8 Å². The fraction of sp³-hybridized carbons (Fsp3) is 0.561. The van der Waals surface area contributed by atoms with Gasteiger partial charge in [0.1, 0.15) is 23.2 Å². The summed E-state index contributed by atoms with van der Waals surface area (Å²) in [6, 6.07) is 8.50. The third-order valence-corrected chi connectivity index (χ3v) is 13.8. The Bertz CT molecular complexity index is 2080. The highest BCUT2D eigenvalue weighted by atomic mass is 35.5. The number of aromatic nitrogens is 4. The van der Waals surface area contributed by atoms with Gasteiger partial charge in [0.15, 0.2) is 6.23 Å². The van der Waals surface area contributed by atoms with Crippen molar-refractivity contribution >= 4 is 48.3 Å². The largest absolute Gasteiger partial charge is 0.450 e. The Morgan fingerprint density at radius 2 is 1.84 bits per heavy atom. The van der Waals surface area contributed by atoms with Gasteiger partial charge in [-0.2, -0.15) is 15.1 Å². The number of rotatable bonds is 9. The zero-order valence-electron chi connectivity index (χ0n) is 33.3. The van der Waals surface area contributed by atoms with Crippen molar-refractivity contribution in [1.82, 2.24) is 29.5 Å². The third-order valence-electron chi connectivity index (χ3n) is 11.7. The molecule has 4 aliphatic heterocycles. The van der Waals surface area contributed by atoms with Crippen LogP contribution in [0.1, 0.15) is 67.1 Å². The van der Waals surface area contributed by atoms with Gasteiger partial charge in [0.05, 0.1) is 29.4 Å². The molecule has 2 fully saturated rings. The first kappa shape index (κ1) is 38.9. The van der Waals surface area contributed by atoms with Crippen molar-refractivity contribution in [2.45, 2.75) is 89.9 Å². The summed E-state index contributed by atoms with van der Waals surface area (Å²) in [4.78, 5) is 31.9. The van der Waals surface area contributed by atoms with E-state index in [-0.39, 0.29) is 29.4 Å². The quantitative estimate of drug-likeness (QED) is 0.154. The van der Waals surface area contributed by atoms with E-state index in [1.165, 1.54) is 17.2 Å². The van der Waals surface area contributed by atoms with Crippen molar-refractivity contribution in [3.8, 4) is 11.8 Å². The first-order chi connectivity index (χ1) is 26.9. The summed E-state index contributed by atoms with van der Waals surface area (Å²) in [6.45, 7) is 14.7. The van der Waals surface area contributed by atoms with E-state index in [2.05, 4.69) is 54.4 Å². The highest BCUT2D eigenvalue weighted by Crippen LogP contribution is 2.44. The van der Waals surface area contributed by atoms with E-state index in [9.17, 15) is 4.79 Å². The van der Waals surface area contributed by atoms with Crippen LogP contribution in [0, 0.1) is 5.82 Å². The average molecular weight is 805 g/mol. The number of fused-ring (bicyclic) bond motifs is 3. The lowest BCUT2D eigenvalue weighted by Gasteiger charge is -2.40. The highest BCUT2D eigenvalue weighted by molar-refractivity contribution is 6.76. The number of benzene rings is 2. The highest BCUT2D eigenvalue weighted by Gasteiger charge is 2.34. The summed E-state index contributed by atoms with van der Waals surface area (Å²) >= 11 is 6.89. The molecule has 4 aliphatic rings. The molecule has 12 nitrogen and oxygen atoms in total. The topological polar surface area (TPSA) is 101 Å². The molecule has 4 aromatic rings. The van der Waals surface area contributed by atoms with Crippen LogP contribution in [0.15, 0.2) is 30.5 Å². The van der Waals surface area contributed by atoms with Crippen molar-refractivity contribution in [2.24, 2.45) is 0 Å². The predicted molar refractivity (Wildman–Crippen MR) is 219 cm³/mol. The number of anilines is 2. The molecule has 2 aromatic carbocycles. The van der Waals surface area contributed by atoms with Crippen molar-refractivity contribution in [3.63, 3.8) is 0 Å². The molecule has 0 radical (unpaired) electrons. The maximum atomic E-state index is 15.8. The second-order valence-electron chi connectivity index (χ2n) is 16.9. The number of likely N-dealkylation sites (N-methyl/N-ethyl adjacent to an activating group) is 1. The number of ether oxygens (including phenoxy) is 3. The van der Waals surface area contributed by atoms with E-state index in [0.717, 1.165) is 86.0 Å². The van der Waals surface area contributed by atoms with Crippen molar-refractivity contribution in [3.05, 3.63) is 63.6 Å². The van der Waals surface area contributed by atoms with Crippen LogP contribution < -0.4 is 14.5 Å². The fourth-order valence-electron chi connectivity index (χ4n) is 8.53. The number of piperazine rings is 1. The summed E-state index contributed by atoms with van der Waals surface area (Å²) < 4.78 is 36.0. The average Bonchev–Trinajstić information content (AvgIpc) is 3.60. The number of carbonyl (C=O) groups is 1. The molecular formula is C41H54ClFN8O4Si. The van der Waals surface area contributed by atoms with Gasteiger partial charge >= 0.3 is 12.1 Å². The molecule has 2 aromatic heterocycles. The maximum Gasteiger partial charge on any atom is 0.409 e. The van der Waals surface area contributed by atoms with E-state index in [4.69, 9.17) is 40.9 Å². The molecule has 56 heavy (non-hydrogen) atoms. The Kier molecular flexibility index (Phi) is 11.2. The van der Waals surface area contributed by atoms with Crippen LogP contribution in [0.2, 0.25) is 30.7 Å². The number of halogens is 2. The first-order valence-electron chi connectivity index (χ1n) is 20.2. The van der Waals surface area contributed by atoms with E-state index >= 15 is 4.39 Å². The Balaban J connectivity index is 1.14. The second kappa shape index (κ2) is 16.1. The minimum absolute atomic E-state index is 0.0840. The molecule has 0 spiro atoms. The van der Waals surface area contributed by atoms with Crippen molar-refractivity contribution < 1.29 is 23.4 Å². The third kappa shape index (κ3) is 7.94. The second-order valence-corrected chi connectivity index (χ2v) is 22.9. The molecule has 2 saturated heterocycles. The molecule has 0 saturated carbocycles. The number of nitrogens with zero attached hydrogens (tertiary/aromatic N) is 8. The van der Waals surface area contributed by atoms with Gasteiger partial charge in [-0.3, -0.25) is 0 Å². The molecule has 2 unspecified atom stereocenters. The summed E-state index contributed by atoms with van der Waals surface area (Å²) in [5.74, 6) is 1.82. The van der Waals surface area contributed by atoms with Gasteiger partial charge in [0, 0.05) is 88.6 Å². The summed E-state index contributed by atoms with van der Waals surface area (Å²) in [7, 11) is 0.809. The van der Waals surface area contributed by atoms with Crippen LogP contribution in [0.25, 0.3) is 10.9 Å². The summed E-state index contributed by atoms with van der Waals surface area (Å²) in [6.07, 6.45) is 6.64. The minimum Gasteiger partial charge on any atom is -0.450 e. The molecule has 0 N–H and O–H groups in total. The fourth-order valence-corrected chi connectivity index (χ4v) is 9.56. The summed E-state index contributed by atoms with van der Waals surface area (Å²) in [5.41, 5.74) is 4.76. The van der Waals surface area contributed by atoms with Crippen LogP contribution in [0.4, 0.5) is 20.8 Å². The van der Waals surface area contributed by atoms with Crippen molar-refractivity contribution in [1.29, 1.82) is 0 Å². The van der Waals surface area contributed by atoms with Gasteiger partial charge in [-0.1, -0.05) is 43.4 Å². The molecule has 15 heteroatoms. The molecule has 300 valence electrons. The zero-order chi connectivity index (χ0) is 39.1. The SMILES string of the molecule is CC(c1c(Cl)c(F)cc2c1cnn2C1CCCCO1)N1CCCc2c(N3CCN(C(=O)OCC[Si](C)(C)C)CC3)nc(Oc3cccc4c3CCN(C)C4)nc21. The molecule has 2 atom stereocenters. The normalized spacial score (nSPS) is 19.8. The molecule has 0 bridgehead atoms. The molecule has 8 rings (SSSR count). The first-order valence-corrected chi connectivity index (χ1v) is 24.3. The lowest BCUT2D eigenvalue weighted by atomic mass is 9.98. The molecule has 0 aliphatic carbocycles. The lowest BCUT2D eigenvalue weighted by molar-refractivity contribution is -0.0366. The van der Waals surface area contributed by atoms with Crippen LogP contribution in [-0.4, -0.2) is 103 Å². The summed E-state index contributed by atoms with van der Waals surface area (Å²) in [5, 5.41) is 5.59. The van der Waals surface area contributed by atoms with Gasteiger partial charge in [-0.15, -0.1) is 0 Å². The molecule has 6 heterocycles. The molecular weight excluding hydrogens is 751 g/mol. The predicted octanol–water partition coefficient (Wildman–Crippen LogP) is 8.21. The lowest BCUT2D eigenvalue weighted by Crippen LogP contribution is -2.49. The van der Waals surface area contributed by atoms with Crippen LogP contribution in [0.3, 0.4) is 0 Å². The van der Waals surface area contributed by atoms with Gasteiger partial charge in [-0.05, 0) is 70.2 Å². The Labute approximate surface area is 334 Å². The van der Waals surface area contributed by atoms with E-state index in [0.29, 0.717) is 57.0 Å². The number of hydrogen-bond donors (Lipinski definition) is 0. The maximum absolute atomic E-state index is 15.8. The Hall–Kier alpha value is -3.98. The Morgan fingerprint density at radius 1 is 1.04 bits per heavy atom. The van der Waals surface area contributed by atoms with Crippen molar-refractivity contribution in [2.75, 3.05) is 69.3 Å². The smallest absolute Gasteiger partial charge is 0.409 e. The minimum atomic E-state index is -1.32. The van der Waals surface area contributed by atoms with E-state index in [1.807, 2.05) is 12.1 Å². The zero-order valence-corrected chi connectivity index (χ0v) is 35.1. The van der Waals surface area contributed by atoms with E-state index < -0.39 is 13.9 Å². The standard InChI is InChI=1S/C41H54ClFN8O4Si/c1-27(36-31-25-44-51(35-13-6-7-21-53-35)33(31)24-32(43)37(36)42)50-15-9-11-30-38(48-17-19-49(20-18-48)41(52)54-22-23-56(3,4)5)45-40(46-39(30)50)55-34-12-8-10-28-26-47(2)16-14-29(28)34/h8,10,12,24-25,27,35H,6-7,9,11,13-23,26H2,1-5H3. The van der Waals surface area contributed by atoms with Crippen LogP contribution in [0.5, 0.6) is 11.8 Å².